The van der Waals surface area contributed by atoms with Gasteiger partial charge in [0.25, 0.3) is 0 Å². The van der Waals surface area contributed by atoms with Crippen LogP contribution < -0.4 is 10.6 Å². The Morgan fingerprint density at radius 1 is 0.897 bits per heavy atom. The van der Waals surface area contributed by atoms with Crippen molar-refractivity contribution in [2.24, 2.45) is 0 Å². The van der Waals surface area contributed by atoms with Crippen LogP contribution in [0, 0.1) is 0 Å². The molecule has 0 radical (unpaired) electrons. The number of hydrogen-bond acceptors (Lipinski definition) is 4. The average molecular weight is 416 g/mol. The molecule has 0 bridgehead atoms. The minimum atomic E-state index is -3.45. The van der Waals surface area contributed by atoms with E-state index in [4.69, 9.17) is 0 Å². The van der Waals surface area contributed by atoms with Gasteiger partial charge in [0.15, 0.2) is 0 Å². The van der Waals surface area contributed by atoms with E-state index < -0.39 is 10.0 Å². The van der Waals surface area contributed by atoms with E-state index in [1.165, 1.54) is 5.56 Å². The summed E-state index contributed by atoms with van der Waals surface area (Å²) < 4.78 is 27.2. The minimum Gasteiger partial charge on any atom is -0.376 e. The molecule has 0 spiro atoms. The maximum atomic E-state index is 12.8. The number of anilines is 1. The molecule has 1 saturated heterocycles. The third-order valence-corrected chi connectivity index (χ3v) is 7.00. The summed E-state index contributed by atoms with van der Waals surface area (Å²) in [7, 11) is -3.45. The summed E-state index contributed by atoms with van der Waals surface area (Å²) >= 11 is 0. The molecule has 0 unspecified atom stereocenters. The van der Waals surface area contributed by atoms with Crippen LogP contribution in [0.15, 0.2) is 59.5 Å². The second-order valence-corrected chi connectivity index (χ2v) is 9.22. The van der Waals surface area contributed by atoms with E-state index >= 15 is 0 Å². The highest BCUT2D eigenvalue weighted by Crippen LogP contribution is 2.21. The standard InChI is InChI=1S/C22H29N3O3S/c26-22(23-15-14-19-8-4-3-5-9-19)18-24-20-10-12-21(13-11-20)29(27,28)25-16-6-1-2-7-17-25/h3-5,8-13,24H,1-2,6-7,14-18H2,(H,23,26). The van der Waals surface area contributed by atoms with Crippen LogP contribution >= 0.6 is 0 Å². The Balaban J connectivity index is 1.46. The Labute approximate surface area is 173 Å². The zero-order chi connectivity index (χ0) is 20.5. The first-order valence-corrected chi connectivity index (χ1v) is 11.6. The number of nitrogens with one attached hydrogen (secondary N) is 2. The molecule has 2 aromatic carbocycles. The first-order chi connectivity index (χ1) is 14.1. The van der Waals surface area contributed by atoms with Crippen LogP contribution in [0.3, 0.4) is 0 Å². The maximum absolute atomic E-state index is 12.8. The van der Waals surface area contributed by atoms with Crippen molar-refractivity contribution in [1.82, 2.24) is 9.62 Å². The molecule has 0 atom stereocenters. The van der Waals surface area contributed by atoms with Gasteiger partial charge in [0.1, 0.15) is 0 Å². The number of rotatable bonds is 8. The molecule has 3 rings (SSSR count). The topological polar surface area (TPSA) is 78.5 Å². The molecule has 6 nitrogen and oxygen atoms in total. The summed E-state index contributed by atoms with van der Waals surface area (Å²) in [6, 6.07) is 16.6. The molecule has 156 valence electrons. The molecule has 0 saturated carbocycles. The second kappa shape index (κ2) is 10.4. The lowest BCUT2D eigenvalue weighted by Gasteiger charge is -2.20. The third kappa shape index (κ3) is 6.30. The van der Waals surface area contributed by atoms with Gasteiger partial charge in [0, 0.05) is 25.3 Å². The fourth-order valence-corrected chi connectivity index (χ4v) is 4.93. The lowest BCUT2D eigenvalue weighted by Crippen LogP contribution is -2.32. The number of sulfonamides is 1. The van der Waals surface area contributed by atoms with Crippen molar-refractivity contribution in [3.05, 3.63) is 60.2 Å². The fraction of sp³-hybridized carbons (Fsp3) is 0.409. The molecular weight excluding hydrogens is 386 g/mol. The number of benzene rings is 2. The van der Waals surface area contributed by atoms with Crippen molar-refractivity contribution < 1.29 is 13.2 Å². The van der Waals surface area contributed by atoms with Gasteiger partial charge in [-0.1, -0.05) is 43.2 Å². The molecule has 1 aliphatic rings. The van der Waals surface area contributed by atoms with Crippen LogP contribution in [0.5, 0.6) is 0 Å². The summed E-state index contributed by atoms with van der Waals surface area (Å²) in [6.45, 7) is 1.90. The highest BCUT2D eigenvalue weighted by Gasteiger charge is 2.24. The molecule has 1 heterocycles. The molecule has 1 amide bonds. The predicted octanol–water partition coefficient (Wildman–Crippen LogP) is 3.02. The van der Waals surface area contributed by atoms with Crippen molar-refractivity contribution in [2.45, 2.75) is 37.0 Å². The average Bonchev–Trinajstić information content (AvgIpc) is 3.04. The summed E-state index contributed by atoms with van der Waals surface area (Å²) in [5.74, 6) is -0.0952. The summed E-state index contributed by atoms with van der Waals surface area (Å²) in [5.41, 5.74) is 1.90. The zero-order valence-corrected chi connectivity index (χ0v) is 17.5. The molecule has 7 heteroatoms. The van der Waals surface area contributed by atoms with Gasteiger partial charge in [-0.25, -0.2) is 8.42 Å². The third-order valence-electron chi connectivity index (χ3n) is 5.09. The Kier molecular flexibility index (Phi) is 7.66. The SMILES string of the molecule is O=C(CNc1ccc(S(=O)(=O)N2CCCCCC2)cc1)NCCc1ccccc1. The number of nitrogens with zero attached hydrogens (tertiary/aromatic N) is 1. The maximum Gasteiger partial charge on any atom is 0.243 e. The molecule has 29 heavy (non-hydrogen) atoms. The van der Waals surface area contributed by atoms with Gasteiger partial charge in [-0.05, 0) is 49.1 Å². The van der Waals surface area contributed by atoms with Gasteiger partial charge in [0.2, 0.25) is 15.9 Å². The quantitative estimate of drug-likeness (QED) is 0.695. The lowest BCUT2D eigenvalue weighted by atomic mass is 10.1. The highest BCUT2D eigenvalue weighted by molar-refractivity contribution is 7.89. The lowest BCUT2D eigenvalue weighted by molar-refractivity contribution is -0.119. The molecule has 1 aliphatic heterocycles. The van der Waals surface area contributed by atoms with Crippen LogP contribution in [0.1, 0.15) is 31.2 Å². The van der Waals surface area contributed by atoms with Crippen molar-refractivity contribution >= 4 is 21.6 Å². The van der Waals surface area contributed by atoms with E-state index in [1.54, 1.807) is 28.6 Å². The highest BCUT2D eigenvalue weighted by atomic mass is 32.2. The number of hydrogen-bond donors (Lipinski definition) is 2. The number of amides is 1. The first-order valence-electron chi connectivity index (χ1n) is 10.2. The van der Waals surface area contributed by atoms with E-state index in [9.17, 15) is 13.2 Å². The van der Waals surface area contributed by atoms with E-state index in [2.05, 4.69) is 10.6 Å². The van der Waals surface area contributed by atoms with Crippen molar-refractivity contribution in [3.8, 4) is 0 Å². The largest absolute Gasteiger partial charge is 0.376 e. The van der Waals surface area contributed by atoms with Gasteiger partial charge < -0.3 is 10.6 Å². The van der Waals surface area contributed by atoms with Crippen LogP contribution in [-0.4, -0.2) is 44.8 Å². The molecule has 0 aromatic heterocycles. The Bertz CT molecular complexity index is 875. The van der Waals surface area contributed by atoms with Gasteiger partial charge in [-0.3, -0.25) is 4.79 Å². The number of carbonyl (C=O) groups excluding carboxylic acids is 1. The van der Waals surface area contributed by atoms with Crippen molar-refractivity contribution in [1.29, 1.82) is 0 Å². The van der Waals surface area contributed by atoms with Gasteiger partial charge in [-0.2, -0.15) is 4.31 Å². The van der Waals surface area contributed by atoms with Gasteiger partial charge in [-0.15, -0.1) is 0 Å². The number of carbonyl (C=O) groups is 1. The van der Waals surface area contributed by atoms with E-state index in [1.807, 2.05) is 30.3 Å². The second-order valence-electron chi connectivity index (χ2n) is 7.28. The molecule has 2 N–H and O–H groups in total. The van der Waals surface area contributed by atoms with Crippen LogP contribution in [-0.2, 0) is 21.2 Å². The normalized spacial score (nSPS) is 15.4. The van der Waals surface area contributed by atoms with Crippen LogP contribution in [0.4, 0.5) is 5.69 Å². The first kappa shape index (κ1) is 21.3. The zero-order valence-electron chi connectivity index (χ0n) is 16.6. The minimum absolute atomic E-state index is 0.0952. The van der Waals surface area contributed by atoms with E-state index in [-0.39, 0.29) is 12.5 Å². The fourth-order valence-electron chi connectivity index (χ4n) is 3.41. The molecule has 1 fully saturated rings. The van der Waals surface area contributed by atoms with E-state index in [0.717, 1.165) is 37.8 Å². The van der Waals surface area contributed by atoms with Gasteiger partial charge >= 0.3 is 0 Å². The predicted molar refractivity (Wildman–Crippen MR) is 115 cm³/mol. The van der Waals surface area contributed by atoms with Gasteiger partial charge in [0.05, 0.1) is 11.4 Å². The van der Waals surface area contributed by atoms with Crippen LogP contribution in [0.25, 0.3) is 0 Å². The molecule has 2 aromatic rings. The van der Waals surface area contributed by atoms with Crippen molar-refractivity contribution in [2.75, 3.05) is 31.5 Å². The Morgan fingerprint density at radius 3 is 2.21 bits per heavy atom. The Morgan fingerprint density at radius 2 is 1.55 bits per heavy atom. The summed E-state index contributed by atoms with van der Waals surface area (Å²) in [4.78, 5) is 12.3. The molecular formula is C22H29N3O3S. The Hall–Kier alpha value is -2.38. The summed E-state index contributed by atoms with van der Waals surface area (Å²) in [5, 5.41) is 5.92. The molecule has 0 aliphatic carbocycles. The van der Waals surface area contributed by atoms with E-state index in [0.29, 0.717) is 24.5 Å². The van der Waals surface area contributed by atoms with Crippen molar-refractivity contribution in [3.63, 3.8) is 0 Å². The smallest absolute Gasteiger partial charge is 0.243 e. The van der Waals surface area contributed by atoms with Crippen LogP contribution in [0.2, 0.25) is 0 Å². The monoisotopic (exact) mass is 415 g/mol. The summed E-state index contributed by atoms with van der Waals surface area (Å²) in [6.07, 6.45) is 4.79.